The highest BCUT2D eigenvalue weighted by molar-refractivity contribution is 5.32. The Balaban J connectivity index is 2.46. The van der Waals surface area contributed by atoms with Crippen LogP contribution in [0.2, 0.25) is 0 Å². The molecule has 0 radical (unpaired) electrons. The van der Waals surface area contributed by atoms with Crippen LogP contribution in [0, 0.1) is 6.92 Å². The molecule has 0 spiro atoms. The lowest BCUT2D eigenvalue weighted by molar-refractivity contribution is 0.0929. The van der Waals surface area contributed by atoms with Crippen LogP contribution in [0.1, 0.15) is 23.7 Å². The fourth-order valence-corrected chi connectivity index (χ4v) is 1.76. The molecule has 2 aromatic rings. The minimum absolute atomic E-state index is 0.677. The molecule has 0 aliphatic rings. The van der Waals surface area contributed by atoms with Crippen molar-refractivity contribution >= 4 is 0 Å². The lowest BCUT2D eigenvalue weighted by Crippen LogP contribution is -2.26. The first-order chi connectivity index (χ1) is 7.51. The molecule has 0 bridgehead atoms. The predicted octanol–water partition coefficient (Wildman–Crippen LogP) is 1.38. The number of aryl methyl sites for hydroxylation is 2. The average molecular weight is 217 g/mol. The van der Waals surface area contributed by atoms with Gasteiger partial charge in [-0.15, -0.1) is 5.10 Å². The molecule has 1 unspecified atom stereocenters. The number of hydrogen-bond acceptors (Lipinski definition) is 3. The van der Waals surface area contributed by atoms with Gasteiger partial charge in [-0.3, -0.25) is 0 Å². The van der Waals surface area contributed by atoms with Crippen molar-refractivity contribution in [1.82, 2.24) is 15.0 Å². The van der Waals surface area contributed by atoms with E-state index >= 15 is 0 Å². The van der Waals surface area contributed by atoms with Crippen molar-refractivity contribution in [2.24, 2.45) is 7.05 Å². The van der Waals surface area contributed by atoms with Gasteiger partial charge in [-0.1, -0.05) is 35.0 Å². The molecule has 0 fully saturated rings. The maximum Gasteiger partial charge on any atom is 0.130 e. The molecule has 16 heavy (non-hydrogen) atoms. The third-order valence-corrected chi connectivity index (χ3v) is 2.83. The third kappa shape index (κ3) is 1.72. The van der Waals surface area contributed by atoms with Gasteiger partial charge in [-0.05, 0) is 19.4 Å². The Labute approximate surface area is 94.5 Å². The van der Waals surface area contributed by atoms with Crippen LogP contribution in [0.3, 0.4) is 0 Å². The summed E-state index contributed by atoms with van der Waals surface area (Å²) in [7, 11) is 1.77. The second-order valence-electron chi connectivity index (χ2n) is 4.18. The summed E-state index contributed by atoms with van der Waals surface area (Å²) in [6.45, 7) is 3.76. The van der Waals surface area contributed by atoms with Crippen molar-refractivity contribution in [2.45, 2.75) is 19.4 Å². The van der Waals surface area contributed by atoms with E-state index in [4.69, 9.17) is 0 Å². The number of hydrogen-bond donors (Lipinski definition) is 1. The van der Waals surface area contributed by atoms with Crippen molar-refractivity contribution in [3.63, 3.8) is 0 Å². The molecule has 2 rings (SSSR count). The normalized spacial score (nSPS) is 14.8. The number of aromatic nitrogens is 3. The van der Waals surface area contributed by atoms with Crippen LogP contribution in [0.4, 0.5) is 0 Å². The van der Waals surface area contributed by atoms with Crippen LogP contribution < -0.4 is 0 Å². The smallest absolute Gasteiger partial charge is 0.130 e. The Morgan fingerprint density at radius 1 is 1.25 bits per heavy atom. The summed E-state index contributed by atoms with van der Waals surface area (Å²) in [6.07, 6.45) is 1.58. The van der Waals surface area contributed by atoms with E-state index in [-0.39, 0.29) is 0 Å². The lowest BCUT2D eigenvalue weighted by atomic mass is 9.92. The molecule has 1 heterocycles. The third-order valence-electron chi connectivity index (χ3n) is 2.83. The zero-order valence-corrected chi connectivity index (χ0v) is 9.68. The van der Waals surface area contributed by atoms with E-state index in [1.807, 2.05) is 31.2 Å². The molecule has 84 valence electrons. The highest BCUT2D eigenvalue weighted by atomic mass is 16.3. The molecule has 1 aromatic heterocycles. The van der Waals surface area contributed by atoms with Gasteiger partial charge < -0.3 is 5.11 Å². The van der Waals surface area contributed by atoms with Gasteiger partial charge in [-0.2, -0.15) is 0 Å². The Morgan fingerprint density at radius 2 is 1.88 bits per heavy atom. The van der Waals surface area contributed by atoms with E-state index in [0.717, 1.165) is 5.56 Å². The summed E-state index contributed by atoms with van der Waals surface area (Å²) >= 11 is 0. The van der Waals surface area contributed by atoms with Crippen LogP contribution in [0.25, 0.3) is 0 Å². The second kappa shape index (κ2) is 3.72. The van der Waals surface area contributed by atoms with Crippen LogP contribution in [0.15, 0.2) is 30.5 Å². The monoisotopic (exact) mass is 217 g/mol. The molecule has 0 aliphatic carbocycles. The van der Waals surface area contributed by atoms with E-state index in [2.05, 4.69) is 10.3 Å². The molecular formula is C12H15N3O. The van der Waals surface area contributed by atoms with E-state index < -0.39 is 5.60 Å². The Hall–Kier alpha value is -1.68. The first-order valence-corrected chi connectivity index (χ1v) is 5.16. The van der Waals surface area contributed by atoms with Crippen LogP contribution in [-0.2, 0) is 12.6 Å². The van der Waals surface area contributed by atoms with Gasteiger partial charge in [-0.25, -0.2) is 4.68 Å². The van der Waals surface area contributed by atoms with Gasteiger partial charge in [0.2, 0.25) is 0 Å². The zero-order valence-electron chi connectivity index (χ0n) is 9.68. The minimum atomic E-state index is -1.06. The van der Waals surface area contributed by atoms with Gasteiger partial charge in [0.15, 0.2) is 0 Å². The first-order valence-electron chi connectivity index (χ1n) is 5.16. The zero-order chi connectivity index (χ0) is 11.8. The topological polar surface area (TPSA) is 50.9 Å². The Kier molecular flexibility index (Phi) is 2.52. The van der Waals surface area contributed by atoms with Gasteiger partial charge in [0, 0.05) is 7.05 Å². The molecule has 4 heteroatoms. The molecule has 4 nitrogen and oxygen atoms in total. The van der Waals surface area contributed by atoms with Gasteiger partial charge >= 0.3 is 0 Å². The first kappa shape index (κ1) is 10.8. The quantitative estimate of drug-likeness (QED) is 0.826. The standard InChI is InChI=1S/C12H15N3O/c1-9-4-6-10(7-5-9)12(2,16)11-8-13-14-15(11)3/h4-8,16H,1-3H3. The van der Waals surface area contributed by atoms with Crippen molar-refractivity contribution in [3.8, 4) is 0 Å². The number of rotatable bonds is 2. The average Bonchev–Trinajstić information content (AvgIpc) is 2.66. The van der Waals surface area contributed by atoms with E-state index in [9.17, 15) is 5.11 Å². The SMILES string of the molecule is Cc1ccc(C(C)(O)c2cnnn2C)cc1. The molecule has 0 saturated carbocycles. The van der Waals surface area contributed by atoms with Crippen molar-refractivity contribution < 1.29 is 5.11 Å². The van der Waals surface area contributed by atoms with Crippen molar-refractivity contribution in [1.29, 1.82) is 0 Å². The van der Waals surface area contributed by atoms with Crippen molar-refractivity contribution in [3.05, 3.63) is 47.3 Å². The molecule has 0 amide bonds. The molecule has 0 aliphatic heterocycles. The number of nitrogens with zero attached hydrogens (tertiary/aromatic N) is 3. The highest BCUT2D eigenvalue weighted by Gasteiger charge is 2.28. The summed E-state index contributed by atoms with van der Waals surface area (Å²) in [6, 6.07) is 7.80. The molecule has 1 N–H and O–H groups in total. The summed E-state index contributed by atoms with van der Waals surface area (Å²) in [4.78, 5) is 0. The maximum atomic E-state index is 10.5. The number of benzene rings is 1. The molecular weight excluding hydrogens is 202 g/mol. The summed E-state index contributed by atoms with van der Waals surface area (Å²) in [5.41, 5.74) is 1.62. The summed E-state index contributed by atoms with van der Waals surface area (Å²) < 4.78 is 1.58. The fourth-order valence-electron chi connectivity index (χ4n) is 1.76. The molecule has 1 aromatic carbocycles. The van der Waals surface area contributed by atoms with Crippen molar-refractivity contribution in [2.75, 3.05) is 0 Å². The lowest BCUT2D eigenvalue weighted by Gasteiger charge is -2.23. The molecule has 1 atom stereocenters. The van der Waals surface area contributed by atoms with E-state index in [1.54, 1.807) is 24.9 Å². The Morgan fingerprint density at radius 3 is 2.38 bits per heavy atom. The Bertz CT molecular complexity index is 485. The van der Waals surface area contributed by atoms with Gasteiger partial charge in [0.1, 0.15) is 5.60 Å². The maximum absolute atomic E-state index is 10.5. The van der Waals surface area contributed by atoms with Crippen LogP contribution >= 0.6 is 0 Å². The van der Waals surface area contributed by atoms with Gasteiger partial charge in [0.05, 0.1) is 11.9 Å². The summed E-state index contributed by atoms with van der Waals surface area (Å²) in [5, 5.41) is 18.1. The summed E-state index contributed by atoms with van der Waals surface area (Å²) in [5.74, 6) is 0. The highest BCUT2D eigenvalue weighted by Crippen LogP contribution is 2.27. The van der Waals surface area contributed by atoms with Crippen LogP contribution in [0.5, 0.6) is 0 Å². The van der Waals surface area contributed by atoms with Crippen LogP contribution in [-0.4, -0.2) is 20.1 Å². The number of aliphatic hydroxyl groups is 1. The minimum Gasteiger partial charge on any atom is -0.379 e. The van der Waals surface area contributed by atoms with Gasteiger partial charge in [0.25, 0.3) is 0 Å². The largest absolute Gasteiger partial charge is 0.379 e. The second-order valence-corrected chi connectivity index (χ2v) is 4.18. The fraction of sp³-hybridized carbons (Fsp3) is 0.333. The predicted molar refractivity (Wildman–Crippen MR) is 60.9 cm³/mol. The van der Waals surface area contributed by atoms with E-state index in [0.29, 0.717) is 5.69 Å². The molecule has 0 saturated heterocycles. The van der Waals surface area contributed by atoms with E-state index in [1.165, 1.54) is 5.56 Å².